The quantitative estimate of drug-likeness (QED) is 0.419. The van der Waals surface area contributed by atoms with E-state index in [1.165, 1.54) is 6.08 Å². The van der Waals surface area contributed by atoms with E-state index in [-0.39, 0.29) is 0 Å². The van der Waals surface area contributed by atoms with Crippen molar-refractivity contribution in [2.24, 2.45) is 4.99 Å². The second-order valence-corrected chi connectivity index (χ2v) is 2.09. The Hall–Kier alpha value is -1.58. The van der Waals surface area contributed by atoms with Crippen LogP contribution in [0.2, 0.25) is 0 Å². The van der Waals surface area contributed by atoms with Gasteiger partial charge in [-0.2, -0.15) is 10.1 Å². The zero-order valence-corrected chi connectivity index (χ0v) is 6.84. The molecule has 0 fully saturated rings. The van der Waals surface area contributed by atoms with Gasteiger partial charge in [0.15, 0.2) is 0 Å². The fourth-order valence-corrected chi connectivity index (χ4v) is 0.692. The molecule has 0 atom stereocenters. The number of nitrogens with one attached hydrogen (secondary N) is 1. The zero-order valence-electron chi connectivity index (χ0n) is 6.02. The maximum absolute atomic E-state index is 10.7. The summed E-state index contributed by atoms with van der Waals surface area (Å²) in [4.78, 5) is 14.0. The first-order valence-electron chi connectivity index (χ1n) is 3.11. The van der Waals surface area contributed by atoms with Crippen LogP contribution in [0.25, 0.3) is 6.08 Å². The van der Waals surface area contributed by atoms with E-state index >= 15 is 0 Å². The number of aromatic amines is 1. The first kappa shape index (κ1) is 8.52. The van der Waals surface area contributed by atoms with Crippen LogP contribution in [-0.4, -0.2) is 21.3 Å². The number of isothiocyanates is 1. The molecular weight excluding hydrogens is 174 g/mol. The predicted molar refractivity (Wildman–Crippen MR) is 47.7 cm³/mol. The van der Waals surface area contributed by atoms with Gasteiger partial charge in [0, 0.05) is 17.8 Å². The molecule has 0 aliphatic heterocycles. The lowest BCUT2D eigenvalue weighted by molar-refractivity contribution is -0.113. The molecule has 0 unspecified atom stereocenters. The third kappa shape index (κ3) is 2.57. The maximum Gasteiger partial charge on any atom is 0.278 e. The Morgan fingerprint density at radius 1 is 1.83 bits per heavy atom. The monoisotopic (exact) mass is 179 g/mol. The topological polar surface area (TPSA) is 58.1 Å². The number of rotatable bonds is 2. The third-order valence-corrected chi connectivity index (χ3v) is 1.18. The smallest absolute Gasteiger partial charge is 0.278 e. The van der Waals surface area contributed by atoms with E-state index in [4.69, 9.17) is 0 Å². The van der Waals surface area contributed by atoms with Crippen molar-refractivity contribution in [1.29, 1.82) is 0 Å². The molecule has 1 heterocycles. The Balaban J connectivity index is 2.62. The Kier molecular flexibility index (Phi) is 3.07. The molecule has 4 nitrogen and oxygen atoms in total. The minimum absolute atomic E-state index is 0.425. The van der Waals surface area contributed by atoms with Crippen LogP contribution in [0, 0.1) is 0 Å². The van der Waals surface area contributed by atoms with E-state index in [1.807, 2.05) is 5.16 Å². The summed E-state index contributed by atoms with van der Waals surface area (Å²) in [7, 11) is 0. The fourth-order valence-electron chi connectivity index (χ4n) is 0.602. The lowest BCUT2D eigenvalue weighted by Crippen LogP contribution is -1.82. The van der Waals surface area contributed by atoms with Crippen LogP contribution in [0.5, 0.6) is 0 Å². The average molecular weight is 179 g/mol. The molecule has 5 heteroatoms. The summed E-state index contributed by atoms with van der Waals surface area (Å²) >= 11 is 4.25. The van der Waals surface area contributed by atoms with Crippen LogP contribution in [0.4, 0.5) is 0 Å². The van der Waals surface area contributed by atoms with Gasteiger partial charge in [0.1, 0.15) is 0 Å². The number of amides is 1. The molecule has 0 bridgehead atoms. The Morgan fingerprint density at radius 3 is 3.25 bits per heavy atom. The number of carbonyl (C=O) groups is 1. The summed E-state index contributed by atoms with van der Waals surface area (Å²) in [5, 5.41) is 8.28. The van der Waals surface area contributed by atoms with Gasteiger partial charge >= 0.3 is 0 Å². The normalized spacial score (nSPS) is 9.67. The summed E-state index contributed by atoms with van der Waals surface area (Å²) in [5.41, 5.74) is 0.808. The molecule has 1 aromatic rings. The molecule has 0 aliphatic carbocycles. The molecule has 1 N–H and O–H groups in total. The van der Waals surface area contributed by atoms with Crippen molar-refractivity contribution in [3.63, 3.8) is 0 Å². The highest BCUT2D eigenvalue weighted by atomic mass is 32.1. The summed E-state index contributed by atoms with van der Waals surface area (Å²) in [6, 6.07) is 0. The highest BCUT2D eigenvalue weighted by Crippen LogP contribution is 1.96. The summed E-state index contributed by atoms with van der Waals surface area (Å²) < 4.78 is 0. The van der Waals surface area contributed by atoms with Crippen LogP contribution in [0.15, 0.2) is 23.5 Å². The number of carbonyl (C=O) groups excluding carboxylic acids is 1. The van der Waals surface area contributed by atoms with Crippen LogP contribution < -0.4 is 0 Å². The number of nitrogens with zero attached hydrogens (tertiary/aromatic N) is 2. The molecule has 0 spiro atoms. The van der Waals surface area contributed by atoms with Gasteiger partial charge in [0.05, 0.1) is 11.4 Å². The lowest BCUT2D eigenvalue weighted by atomic mass is 10.3. The minimum Gasteiger partial charge on any atom is -0.285 e. The predicted octanol–water partition coefficient (Wildman–Crippen LogP) is 1.05. The second-order valence-electron chi connectivity index (χ2n) is 1.91. The van der Waals surface area contributed by atoms with Crippen molar-refractivity contribution >= 4 is 29.4 Å². The van der Waals surface area contributed by atoms with Crippen molar-refractivity contribution in [3.8, 4) is 0 Å². The van der Waals surface area contributed by atoms with Crippen molar-refractivity contribution < 1.29 is 4.79 Å². The second kappa shape index (κ2) is 4.33. The van der Waals surface area contributed by atoms with Crippen LogP contribution in [0.3, 0.4) is 0 Å². The molecule has 1 amide bonds. The van der Waals surface area contributed by atoms with E-state index < -0.39 is 5.91 Å². The molecule has 12 heavy (non-hydrogen) atoms. The van der Waals surface area contributed by atoms with E-state index in [0.717, 1.165) is 5.56 Å². The molecule has 0 aromatic carbocycles. The summed E-state index contributed by atoms with van der Waals surface area (Å²) in [6.45, 7) is 0. The van der Waals surface area contributed by atoms with Crippen molar-refractivity contribution in [2.45, 2.75) is 0 Å². The molecule has 0 aliphatic rings. The van der Waals surface area contributed by atoms with Gasteiger partial charge in [-0.25, -0.2) is 0 Å². The number of hydrogen-bond donors (Lipinski definition) is 1. The van der Waals surface area contributed by atoms with Gasteiger partial charge in [-0.15, -0.1) is 0 Å². The Labute approximate surface area is 74.0 Å². The molecule has 1 aromatic heterocycles. The Morgan fingerprint density at radius 2 is 2.67 bits per heavy atom. The number of aromatic nitrogens is 2. The molecule has 60 valence electrons. The third-order valence-electron chi connectivity index (χ3n) is 1.09. The van der Waals surface area contributed by atoms with Gasteiger partial charge in [0.25, 0.3) is 5.91 Å². The van der Waals surface area contributed by atoms with Gasteiger partial charge in [0.2, 0.25) is 0 Å². The van der Waals surface area contributed by atoms with Gasteiger partial charge in [-0.3, -0.25) is 9.89 Å². The highest BCUT2D eigenvalue weighted by Gasteiger charge is 1.90. The number of aliphatic imine (C=N–C) groups is 1. The van der Waals surface area contributed by atoms with Crippen molar-refractivity contribution in [3.05, 3.63) is 24.0 Å². The number of hydrogen-bond acceptors (Lipinski definition) is 3. The van der Waals surface area contributed by atoms with Gasteiger partial charge in [-0.05, 0) is 18.3 Å². The standard InChI is InChI=1S/C7H5N3OS/c11-7(8-5-12)2-1-6-3-9-10-4-6/h1-4H,(H,9,10). The highest BCUT2D eigenvalue weighted by molar-refractivity contribution is 7.78. The van der Waals surface area contributed by atoms with E-state index in [0.29, 0.717) is 0 Å². The van der Waals surface area contributed by atoms with E-state index in [2.05, 4.69) is 27.4 Å². The van der Waals surface area contributed by atoms with Crippen LogP contribution >= 0.6 is 12.2 Å². The average Bonchev–Trinajstić information content (AvgIpc) is 2.53. The SMILES string of the molecule is O=C(C=Cc1cn[nH]c1)N=C=S. The zero-order chi connectivity index (χ0) is 8.81. The fraction of sp³-hybridized carbons (Fsp3) is 0. The lowest BCUT2D eigenvalue weighted by Gasteiger charge is -1.78. The Bertz CT molecular complexity index is 336. The van der Waals surface area contributed by atoms with Gasteiger partial charge in [-0.1, -0.05) is 0 Å². The molecule has 1 rings (SSSR count). The molecule has 0 radical (unpaired) electrons. The van der Waals surface area contributed by atoms with Gasteiger partial charge < -0.3 is 0 Å². The summed E-state index contributed by atoms with van der Waals surface area (Å²) in [6.07, 6.45) is 6.13. The van der Waals surface area contributed by atoms with Crippen LogP contribution in [0.1, 0.15) is 5.56 Å². The maximum atomic E-state index is 10.7. The molecular formula is C7H5N3OS. The molecule has 0 saturated carbocycles. The van der Waals surface area contributed by atoms with Crippen LogP contribution in [-0.2, 0) is 4.79 Å². The van der Waals surface area contributed by atoms with Crippen molar-refractivity contribution in [1.82, 2.24) is 10.2 Å². The first-order valence-corrected chi connectivity index (χ1v) is 3.52. The van der Waals surface area contributed by atoms with Crippen molar-refractivity contribution in [2.75, 3.05) is 0 Å². The first-order chi connectivity index (χ1) is 5.83. The largest absolute Gasteiger partial charge is 0.285 e. The number of H-pyrrole nitrogens is 1. The van der Waals surface area contributed by atoms with E-state index in [1.54, 1.807) is 18.5 Å². The summed E-state index contributed by atoms with van der Waals surface area (Å²) in [5.74, 6) is -0.425. The molecule has 0 saturated heterocycles. The minimum atomic E-state index is -0.425. The van der Waals surface area contributed by atoms with E-state index in [9.17, 15) is 4.79 Å². The number of thiocarbonyl (C=S) groups is 1.